The lowest BCUT2D eigenvalue weighted by Gasteiger charge is -2.12. The summed E-state index contributed by atoms with van der Waals surface area (Å²) in [4.78, 5) is 0. The standard InChI is InChI=1S/C11H13NO2/c1-8-10(4-6-14-8)11(12-2)9-3-5-13-7-9/h3-7,11-12H,1-2H3. The highest BCUT2D eigenvalue weighted by Crippen LogP contribution is 2.25. The Morgan fingerprint density at radius 1 is 1.29 bits per heavy atom. The average molecular weight is 191 g/mol. The second-order valence-corrected chi connectivity index (χ2v) is 3.21. The van der Waals surface area contributed by atoms with Crippen LogP contribution in [0.25, 0.3) is 0 Å². The summed E-state index contributed by atoms with van der Waals surface area (Å²) in [5.74, 6) is 0.936. The van der Waals surface area contributed by atoms with E-state index in [0.717, 1.165) is 16.9 Å². The lowest BCUT2D eigenvalue weighted by atomic mass is 10.0. The lowest BCUT2D eigenvalue weighted by molar-refractivity contribution is 0.521. The van der Waals surface area contributed by atoms with Crippen molar-refractivity contribution in [2.45, 2.75) is 13.0 Å². The van der Waals surface area contributed by atoms with Crippen molar-refractivity contribution >= 4 is 0 Å². The van der Waals surface area contributed by atoms with Gasteiger partial charge in [0, 0.05) is 11.1 Å². The zero-order valence-electron chi connectivity index (χ0n) is 8.28. The third kappa shape index (κ3) is 1.46. The Hall–Kier alpha value is -1.48. The molecule has 3 nitrogen and oxygen atoms in total. The van der Waals surface area contributed by atoms with Crippen molar-refractivity contribution < 1.29 is 8.83 Å². The van der Waals surface area contributed by atoms with Crippen molar-refractivity contribution in [2.75, 3.05) is 7.05 Å². The van der Waals surface area contributed by atoms with Crippen LogP contribution in [0.2, 0.25) is 0 Å². The molecule has 3 heteroatoms. The van der Waals surface area contributed by atoms with Crippen LogP contribution in [0.1, 0.15) is 22.9 Å². The molecule has 0 fully saturated rings. The van der Waals surface area contributed by atoms with Gasteiger partial charge in [-0.15, -0.1) is 0 Å². The summed E-state index contributed by atoms with van der Waals surface area (Å²) in [5, 5.41) is 3.23. The molecule has 2 aromatic rings. The van der Waals surface area contributed by atoms with Crippen LogP contribution in [-0.2, 0) is 0 Å². The monoisotopic (exact) mass is 191 g/mol. The number of nitrogens with one attached hydrogen (secondary N) is 1. The quantitative estimate of drug-likeness (QED) is 0.810. The van der Waals surface area contributed by atoms with Gasteiger partial charge in [-0.05, 0) is 26.1 Å². The van der Waals surface area contributed by atoms with Gasteiger partial charge in [0.1, 0.15) is 5.76 Å². The predicted molar refractivity (Wildman–Crippen MR) is 53.1 cm³/mol. The topological polar surface area (TPSA) is 38.3 Å². The zero-order valence-corrected chi connectivity index (χ0v) is 8.28. The predicted octanol–water partition coefficient (Wildman–Crippen LogP) is 2.49. The van der Waals surface area contributed by atoms with Crippen molar-refractivity contribution in [3.05, 3.63) is 47.8 Å². The van der Waals surface area contributed by atoms with Crippen LogP contribution in [0.4, 0.5) is 0 Å². The third-order valence-corrected chi connectivity index (χ3v) is 2.38. The lowest BCUT2D eigenvalue weighted by Crippen LogP contribution is -2.17. The summed E-state index contributed by atoms with van der Waals surface area (Å²) in [5.41, 5.74) is 2.26. The van der Waals surface area contributed by atoms with E-state index in [1.54, 1.807) is 18.8 Å². The smallest absolute Gasteiger partial charge is 0.105 e. The van der Waals surface area contributed by atoms with Crippen LogP contribution in [0.5, 0.6) is 0 Å². The van der Waals surface area contributed by atoms with Crippen LogP contribution in [0.15, 0.2) is 39.8 Å². The first-order valence-electron chi connectivity index (χ1n) is 4.56. The normalized spacial score (nSPS) is 13.0. The molecule has 74 valence electrons. The third-order valence-electron chi connectivity index (χ3n) is 2.38. The van der Waals surface area contributed by atoms with Crippen molar-refractivity contribution in [2.24, 2.45) is 0 Å². The van der Waals surface area contributed by atoms with Crippen LogP contribution in [-0.4, -0.2) is 7.05 Å². The van der Waals surface area contributed by atoms with E-state index >= 15 is 0 Å². The second-order valence-electron chi connectivity index (χ2n) is 3.21. The summed E-state index contributed by atoms with van der Waals surface area (Å²) in [6.07, 6.45) is 5.12. The molecule has 0 aliphatic carbocycles. The molecule has 0 spiro atoms. The molecule has 0 saturated carbocycles. The van der Waals surface area contributed by atoms with Gasteiger partial charge in [0.15, 0.2) is 0 Å². The molecule has 0 bridgehead atoms. The first kappa shape index (κ1) is 9.09. The summed E-state index contributed by atoms with van der Waals surface area (Å²) < 4.78 is 10.3. The Balaban J connectivity index is 2.36. The molecule has 14 heavy (non-hydrogen) atoms. The van der Waals surface area contributed by atoms with Gasteiger partial charge in [-0.25, -0.2) is 0 Å². The molecule has 0 aromatic carbocycles. The van der Waals surface area contributed by atoms with Gasteiger partial charge in [-0.1, -0.05) is 0 Å². The number of hydrogen-bond acceptors (Lipinski definition) is 3. The Morgan fingerprint density at radius 3 is 2.64 bits per heavy atom. The molecular formula is C11H13NO2. The molecule has 1 N–H and O–H groups in total. The second kappa shape index (κ2) is 3.72. The molecule has 2 heterocycles. The highest BCUT2D eigenvalue weighted by Gasteiger charge is 2.16. The van der Waals surface area contributed by atoms with E-state index in [0.29, 0.717) is 0 Å². The maximum atomic E-state index is 5.27. The van der Waals surface area contributed by atoms with Gasteiger partial charge in [0.2, 0.25) is 0 Å². The number of hydrogen-bond donors (Lipinski definition) is 1. The molecule has 1 atom stereocenters. The molecular weight excluding hydrogens is 178 g/mol. The SMILES string of the molecule is CNC(c1ccoc1)c1ccoc1C. The molecule has 0 radical (unpaired) electrons. The number of furan rings is 2. The first-order valence-corrected chi connectivity index (χ1v) is 4.56. The van der Waals surface area contributed by atoms with Gasteiger partial charge in [-0.3, -0.25) is 0 Å². The van der Waals surface area contributed by atoms with Gasteiger partial charge < -0.3 is 14.2 Å². The number of aryl methyl sites for hydroxylation is 1. The fraction of sp³-hybridized carbons (Fsp3) is 0.273. The summed E-state index contributed by atoms with van der Waals surface area (Å²) >= 11 is 0. The van der Waals surface area contributed by atoms with Gasteiger partial charge in [0.05, 0.1) is 24.8 Å². The number of rotatable bonds is 3. The summed E-state index contributed by atoms with van der Waals surface area (Å²) in [6, 6.07) is 4.07. The van der Waals surface area contributed by atoms with E-state index in [-0.39, 0.29) is 6.04 Å². The zero-order chi connectivity index (χ0) is 9.97. The van der Waals surface area contributed by atoms with E-state index in [1.165, 1.54) is 0 Å². The van der Waals surface area contributed by atoms with E-state index in [1.807, 2.05) is 26.1 Å². The minimum atomic E-state index is 0.146. The van der Waals surface area contributed by atoms with Crippen LogP contribution < -0.4 is 5.32 Å². The summed E-state index contributed by atoms with van der Waals surface area (Å²) in [7, 11) is 1.92. The van der Waals surface area contributed by atoms with E-state index in [4.69, 9.17) is 8.83 Å². The molecule has 0 aliphatic heterocycles. The maximum Gasteiger partial charge on any atom is 0.105 e. The Morgan fingerprint density at radius 2 is 2.14 bits per heavy atom. The van der Waals surface area contributed by atoms with Crippen molar-refractivity contribution in [3.8, 4) is 0 Å². The summed E-state index contributed by atoms with van der Waals surface area (Å²) in [6.45, 7) is 1.96. The highest BCUT2D eigenvalue weighted by molar-refractivity contribution is 5.30. The fourth-order valence-electron chi connectivity index (χ4n) is 1.64. The first-order chi connectivity index (χ1) is 6.83. The van der Waals surface area contributed by atoms with Gasteiger partial charge in [-0.2, -0.15) is 0 Å². The van der Waals surface area contributed by atoms with Crippen molar-refractivity contribution in [1.82, 2.24) is 5.32 Å². The van der Waals surface area contributed by atoms with Crippen LogP contribution in [0.3, 0.4) is 0 Å². The van der Waals surface area contributed by atoms with Crippen molar-refractivity contribution in [3.63, 3.8) is 0 Å². The Bertz CT molecular complexity index is 389. The molecule has 2 aromatic heterocycles. The molecule has 0 saturated heterocycles. The molecule has 2 rings (SSSR count). The molecule has 0 aliphatic rings. The maximum absolute atomic E-state index is 5.27. The average Bonchev–Trinajstić information content (AvgIpc) is 2.80. The van der Waals surface area contributed by atoms with Gasteiger partial charge in [0.25, 0.3) is 0 Å². The van der Waals surface area contributed by atoms with E-state index in [2.05, 4.69) is 5.32 Å². The van der Waals surface area contributed by atoms with Crippen LogP contribution >= 0.6 is 0 Å². The Kier molecular flexibility index (Phi) is 2.41. The van der Waals surface area contributed by atoms with E-state index < -0.39 is 0 Å². The molecule has 0 amide bonds. The molecule has 1 unspecified atom stereocenters. The van der Waals surface area contributed by atoms with Crippen molar-refractivity contribution in [1.29, 1.82) is 0 Å². The van der Waals surface area contributed by atoms with E-state index in [9.17, 15) is 0 Å². The minimum absolute atomic E-state index is 0.146. The highest BCUT2D eigenvalue weighted by atomic mass is 16.3. The fourth-order valence-corrected chi connectivity index (χ4v) is 1.64. The van der Waals surface area contributed by atoms with Crippen LogP contribution in [0, 0.1) is 6.92 Å². The minimum Gasteiger partial charge on any atom is -0.472 e. The van der Waals surface area contributed by atoms with Gasteiger partial charge >= 0.3 is 0 Å². The largest absolute Gasteiger partial charge is 0.472 e. The Labute approximate surface area is 82.7 Å².